The molecule has 120 valence electrons. The topological polar surface area (TPSA) is 60.1 Å². The van der Waals surface area contributed by atoms with Crippen molar-refractivity contribution in [2.24, 2.45) is 13.0 Å². The first-order valence-electron chi connectivity index (χ1n) is 7.82. The van der Waals surface area contributed by atoms with Crippen LogP contribution >= 0.6 is 0 Å². The van der Waals surface area contributed by atoms with Crippen molar-refractivity contribution in [1.82, 2.24) is 14.9 Å². The van der Waals surface area contributed by atoms with Gasteiger partial charge in [-0.25, -0.2) is 4.98 Å². The Morgan fingerprint density at radius 3 is 2.70 bits per heavy atom. The Bertz CT molecular complexity index is 803. The minimum Gasteiger partial charge on any atom is -0.459 e. The summed E-state index contributed by atoms with van der Waals surface area (Å²) in [4.78, 5) is 17.1. The fraction of sp³-hybridized carbons (Fsp3) is 0.333. The molecule has 0 aliphatic heterocycles. The minimum absolute atomic E-state index is 0.162. The van der Waals surface area contributed by atoms with Crippen LogP contribution in [0.1, 0.15) is 42.7 Å². The number of carbonyl (C=O) groups excluding carboxylic acids is 1. The van der Waals surface area contributed by atoms with E-state index in [2.05, 4.69) is 19.2 Å². The highest BCUT2D eigenvalue weighted by atomic mass is 16.3. The number of hydrogen-bond donors (Lipinski definition) is 1. The molecule has 23 heavy (non-hydrogen) atoms. The lowest BCUT2D eigenvalue weighted by molar-refractivity contribution is 0.0901. The molecule has 0 saturated carbocycles. The quantitative estimate of drug-likeness (QED) is 0.782. The third-order valence-electron chi connectivity index (χ3n) is 3.89. The van der Waals surface area contributed by atoms with E-state index in [-0.39, 0.29) is 11.9 Å². The van der Waals surface area contributed by atoms with Crippen molar-refractivity contribution < 1.29 is 9.21 Å². The number of fused-ring (bicyclic) bond motifs is 1. The van der Waals surface area contributed by atoms with Crippen molar-refractivity contribution in [2.45, 2.75) is 26.3 Å². The normalized spacial score (nSPS) is 12.7. The second kappa shape index (κ2) is 6.28. The van der Waals surface area contributed by atoms with Crippen LogP contribution in [0.5, 0.6) is 0 Å². The molecule has 1 N–H and O–H groups in total. The van der Waals surface area contributed by atoms with Crippen molar-refractivity contribution in [3.05, 3.63) is 54.2 Å². The van der Waals surface area contributed by atoms with E-state index in [0.29, 0.717) is 11.7 Å². The average Bonchev–Trinajstić information content (AvgIpc) is 3.15. The molecule has 0 aliphatic carbocycles. The van der Waals surface area contributed by atoms with Gasteiger partial charge < -0.3 is 14.3 Å². The first kappa shape index (κ1) is 15.3. The molecular formula is C18H21N3O2. The van der Waals surface area contributed by atoms with Crippen LogP contribution in [0.2, 0.25) is 0 Å². The molecule has 1 aromatic carbocycles. The van der Waals surface area contributed by atoms with Crippen LogP contribution in [0.25, 0.3) is 11.0 Å². The molecule has 1 atom stereocenters. The maximum absolute atomic E-state index is 12.4. The lowest BCUT2D eigenvalue weighted by Crippen LogP contribution is -2.31. The highest BCUT2D eigenvalue weighted by Crippen LogP contribution is 2.24. The third-order valence-corrected chi connectivity index (χ3v) is 3.89. The van der Waals surface area contributed by atoms with Gasteiger partial charge in [-0.1, -0.05) is 26.0 Å². The Balaban J connectivity index is 1.94. The first-order valence-corrected chi connectivity index (χ1v) is 7.82. The van der Waals surface area contributed by atoms with Crippen LogP contribution < -0.4 is 5.32 Å². The Kier molecular flexibility index (Phi) is 4.19. The van der Waals surface area contributed by atoms with E-state index < -0.39 is 0 Å². The van der Waals surface area contributed by atoms with Crippen LogP contribution in [-0.2, 0) is 7.05 Å². The van der Waals surface area contributed by atoms with Gasteiger partial charge in [0.1, 0.15) is 5.82 Å². The second-order valence-electron chi connectivity index (χ2n) is 6.15. The number of nitrogens with one attached hydrogen (secondary N) is 1. The zero-order chi connectivity index (χ0) is 16.4. The number of amides is 1. The van der Waals surface area contributed by atoms with E-state index in [1.807, 2.05) is 35.9 Å². The smallest absolute Gasteiger partial charge is 0.287 e. The molecule has 0 radical (unpaired) electrons. The number of nitrogens with zero attached hydrogens (tertiary/aromatic N) is 2. The standard InChI is InChI=1S/C18H21N3O2/c1-12(2)11-14(20-18(22)16-9-6-10-23-16)17-19-13-7-4-5-8-15(13)21(17)3/h4-10,12,14H,11H2,1-3H3,(H,20,22)/t14-/m0/s1. The van der Waals surface area contributed by atoms with E-state index in [4.69, 9.17) is 9.40 Å². The number of aromatic nitrogens is 2. The highest BCUT2D eigenvalue weighted by Gasteiger charge is 2.23. The van der Waals surface area contributed by atoms with Gasteiger partial charge in [-0.3, -0.25) is 4.79 Å². The highest BCUT2D eigenvalue weighted by molar-refractivity contribution is 5.91. The van der Waals surface area contributed by atoms with Gasteiger partial charge >= 0.3 is 0 Å². The van der Waals surface area contributed by atoms with Crippen molar-refractivity contribution in [3.8, 4) is 0 Å². The fourth-order valence-electron chi connectivity index (χ4n) is 2.81. The monoisotopic (exact) mass is 311 g/mol. The number of rotatable bonds is 5. The molecule has 0 aliphatic rings. The lowest BCUT2D eigenvalue weighted by Gasteiger charge is -2.20. The Morgan fingerprint density at radius 2 is 2.04 bits per heavy atom. The Morgan fingerprint density at radius 1 is 1.26 bits per heavy atom. The number of hydrogen-bond acceptors (Lipinski definition) is 3. The number of furan rings is 1. The van der Waals surface area contributed by atoms with Crippen LogP contribution in [0.4, 0.5) is 0 Å². The van der Waals surface area contributed by atoms with Crippen molar-refractivity contribution in [1.29, 1.82) is 0 Å². The summed E-state index contributed by atoms with van der Waals surface area (Å²) in [6.07, 6.45) is 2.31. The summed E-state index contributed by atoms with van der Waals surface area (Å²) in [5, 5.41) is 3.05. The number of carbonyl (C=O) groups is 1. The molecule has 5 nitrogen and oxygen atoms in total. The summed E-state index contributed by atoms with van der Waals surface area (Å²) < 4.78 is 7.23. The summed E-state index contributed by atoms with van der Waals surface area (Å²) >= 11 is 0. The van der Waals surface area contributed by atoms with E-state index in [1.165, 1.54) is 6.26 Å². The number of para-hydroxylation sites is 2. The number of benzene rings is 1. The number of aryl methyl sites for hydroxylation is 1. The molecule has 2 heterocycles. The lowest BCUT2D eigenvalue weighted by atomic mass is 10.0. The van der Waals surface area contributed by atoms with Crippen LogP contribution in [0.15, 0.2) is 47.1 Å². The molecule has 5 heteroatoms. The predicted octanol–water partition coefficient (Wildman–Crippen LogP) is 3.68. The van der Waals surface area contributed by atoms with Crippen LogP contribution in [0, 0.1) is 5.92 Å². The van der Waals surface area contributed by atoms with Crippen molar-refractivity contribution >= 4 is 16.9 Å². The molecule has 3 aromatic rings. The van der Waals surface area contributed by atoms with Crippen molar-refractivity contribution in [2.75, 3.05) is 0 Å². The maximum Gasteiger partial charge on any atom is 0.287 e. The Labute approximate surface area is 135 Å². The summed E-state index contributed by atoms with van der Waals surface area (Å²) in [6.45, 7) is 4.27. The summed E-state index contributed by atoms with van der Waals surface area (Å²) in [5.74, 6) is 1.39. The third kappa shape index (κ3) is 3.13. The van der Waals surface area contributed by atoms with E-state index >= 15 is 0 Å². The van der Waals surface area contributed by atoms with E-state index in [1.54, 1.807) is 12.1 Å². The first-order chi connectivity index (χ1) is 11.1. The summed E-state index contributed by atoms with van der Waals surface area (Å²) in [5.41, 5.74) is 1.99. The molecule has 0 fully saturated rings. The van der Waals surface area contributed by atoms with Gasteiger partial charge in [0.15, 0.2) is 5.76 Å². The molecule has 0 spiro atoms. The van der Waals surface area contributed by atoms with Crippen LogP contribution in [-0.4, -0.2) is 15.5 Å². The fourth-order valence-corrected chi connectivity index (χ4v) is 2.81. The largest absolute Gasteiger partial charge is 0.459 e. The van der Waals surface area contributed by atoms with Gasteiger partial charge in [0, 0.05) is 7.05 Å². The zero-order valence-electron chi connectivity index (χ0n) is 13.6. The predicted molar refractivity (Wildman–Crippen MR) is 89.1 cm³/mol. The molecule has 0 bridgehead atoms. The molecular weight excluding hydrogens is 290 g/mol. The van der Waals surface area contributed by atoms with Gasteiger partial charge in [-0.15, -0.1) is 0 Å². The molecule has 0 unspecified atom stereocenters. The summed E-state index contributed by atoms with van der Waals surface area (Å²) in [6, 6.07) is 11.2. The van der Waals surface area contributed by atoms with Crippen LogP contribution in [0.3, 0.4) is 0 Å². The van der Waals surface area contributed by atoms with E-state index in [0.717, 1.165) is 23.3 Å². The van der Waals surface area contributed by atoms with Gasteiger partial charge in [0.2, 0.25) is 0 Å². The minimum atomic E-state index is -0.215. The van der Waals surface area contributed by atoms with Gasteiger partial charge in [0.05, 0.1) is 23.3 Å². The number of imidazole rings is 1. The molecule has 1 amide bonds. The van der Waals surface area contributed by atoms with Gasteiger partial charge in [-0.05, 0) is 36.6 Å². The maximum atomic E-state index is 12.4. The SMILES string of the molecule is CC(C)C[C@H](NC(=O)c1ccco1)c1nc2ccccc2n1C. The molecule has 3 rings (SSSR count). The molecule has 0 saturated heterocycles. The van der Waals surface area contributed by atoms with E-state index in [9.17, 15) is 4.79 Å². The van der Waals surface area contributed by atoms with Gasteiger partial charge in [-0.2, -0.15) is 0 Å². The zero-order valence-corrected chi connectivity index (χ0v) is 13.6. The molecule has 2 aromatic heterocycles. The second-order valence-corrected chi connectivity index (χ2v) is 6.15. The summed E-state index contributed by atoms with van der Waals surface area (Å²) in [7, 11) is 1.98. The Hall–Kier alpha value is -2.56. The van der Waals surface area contributed by atoms with Crippen molar-refractivity contribution in [3.63, 3.8) is 0 Å². The van der Waals surface area contributed by atoms with Gasteiger partial charge in [0.25, 0.3) is 5.91 Å². The average molecular weight is 311 g/mol.